The lowest BCUT2D eigenvalue weighted by Crippen LogP contribution is -2.46. The van der Waals surface area contributed by atoms with Crippen LogP contribution in [0.25, 0.3) is 10.6 Å². The van der Waals surface area contributed by atoms with E-state index >= 15 is 0 Å². The van der Waals surface area contributed by atoms with E-state index in [1.807, 2.05) is 4.90 Å². The van der Waals surface area contributed by atoms with E-state index in [9.17, 15) is 13.6 Å². The molecule has 2 aromatic heterocycles. The molecule has 0 radical (unpaired) electrons. The Labute approximate surface area is 178 Å². The Morgan fingerprint density at radius 2 is 2.07 bits per heavy atom. The van der Waals surface area contributed by atoms with Crippen molar-refractivity contribution in [3.63, 3.8) is 0 Å². The van der Waals surface area contributed by atoms with Crippen molar-refractivity contribution in [3.05, 3.63) is 28.3 Å². The van der Waals surface area contributed by atoms with Crippen molar-refractivity contribution in [1.82, 2.24) is 15.0 Å². The molecule has 2 aromatic rings. The van der Waals surface area contributed by atoms with Crippen molar-refractivity contribution in [1.29, 1.82) is 0 Å². The molecule has 4 heterocycles. The number of thiophene rings is 1. The van der Waals surface area contributed by atoms with E-state index in [0.29, 0.717) is 26.9 Å². The SMILES string of the molecule is Cc1c(-c2ccc(C(=O)N3CCCC(CN4CCOCC4)C3)s2)noc1C(C)(F)F. The third-order valence-electron chi connectivity index (χ3n) is 5.80. The Morgan fingerprint density at radius 1 is 1.30 bits per heavy atom. The summed E-state index contributed by atoms with van der Waals surface area (Å²) in [6.07, 6.45) is 2.12. The van der Waals surface area contributed by atoms with Gasteiger partial charge in [0.25, 0.3) is 5.91 Å². The van der Waals surface area contributed by atoms with Gasteiger partial charge in [-0.1, -0.05) is 5.16 Å². The number of ether oxygens (including phenoxy) is 1. The summed E-state index contributed by atoms with van der Waals surface area (Å²) in [7, 11) is 0. The van der Waals surface area contributed by atoms with Crippen LogP contribution in [0.5, 0.6) is 0 Å². The molecular weight excluding hydrogens is 412 g/mol. The molecule has 2 fully saturated rings. The minimum absolute atomic E-state index is 0.000111. The van der Waals surface area contributed by atoms with Gasteiger partial charge in [-0.15, -0.1) is 11.3 Å². The maximum Gasteiger partial charge on any atom is 0.304 e. The van der Waals surface area contributed by atoms with Crippen molar-refractivity contribution < 1.29 is 22.8 Å². The first kappa shape index (κ1) is 21.4. The maximum absolute atomic E-state index is 13.6. The van der Waals surface area contributed by atoms with Crippen molar-refractivity contribution in [3.8, 4) is 10.6 Å². The summed E-state index contributed by atoms with van der Waals surface area (Å²) >= 11 is 1.28. The zero-order valence-electron chi connectivity index (χ0n) is 17.3. The van der Waals surface area contributed by atoms with Gasteiger partial charge in [-0.2, -0.15) is 8.78 Å². The van der Waals surface area contributed by atoms with E-state index in [1.54, 1.807) is 19.1 Å². The lowest BCUT2D eigenvalue weighted by Gasteiger charge is -2.36. The monoisotopic (exact) mass is 439 g/mol. The molecule has 1 atom stereocenters. The number of aromatic nitrogens is 1. The zero-order chi connectivity index (χ0) is 21.3. The number of hydrogen-bond acceptors (Lipinski definition) is 6. The van der Waals surface area contributed by atoms with Gasteiger partial charge in [-0.3, -0.25) is 9.69 Å². The highest BCUT2D eigenvalue weighted by atomic mass is 32.1. The van der Waals surface area contributed by atoms with Gasteiger partial charge < -0.3 is 14.2 Å². The molecule has 4 rings (SSSR count). The predicted octanol–water partition coefficient (Wildman–Crippen LogP) is 4.01. The number of carbonyl (C=O) groups excluding carboxylic acids is 1. The Balaban J connectivity index is 1.43. The smallest absolute Gasteiger partial charge is 0.304 e. The molecule has 2 aliphatic rings. The molecule has 0 spiro atoms. The van der Waals surface area contributed by atoms with Crippen LogP contribution in [0.4, 0.5) is 8.78 Å². The minimum atomic E-state index is -3.09. The average molecular weight is 440 g/mol. The summed E-state index contributed by atoms with van der Waals surface area (Å²) in [6, 6.07) is 3.52. The Morgan fingerprint density at radius 3 is 2.77 bits per heavy atom. The van der Waals surface area contributed by atoms with Gasteiger partial charge in [0.15, 0.2) is 0 Å². The van der Waals surface area contributed by atoms with Crippen LogP contribution in [0, 0.1) is 12.8 Å². The van der Waals surface area contributed by atoms with E-state index < -0.39 is 11.7 Å². The van der Waals surface area contributed by atoms with Gasteiger partial charge in [0.05, 0.1) is 23.0 Å². The lowest BCUT2D eigenvalue weighted by atomic mass is 9.97. The molecule has 0 bridgehead atoms. The molecular formula is C21H27F2N3O3S. The molecule has 1 amide bonds. The molecule has 6 nitrogen and oxygen atoms in total. The van der Waals surface area contributed by atoms with Crippen LogP contribution in [0.1, 0.15) is 40.8 Å². The molecule has 2 aliphatic heterocycles. The fourth-order valence-electron chi connectivity index (χ4n) is 4.26. The van der Waals surface area contributed by atoms with Crippen molar-refractivity contribution in [2.75, 3.05) is 45.9 Å². The third-order valence-corrected chi connectivity index (χ3v) is 6.88. The Kier molecular flexibility index (Phi) is 6.22. The summed E-state index contributed by atoms with van der Waals surface area (Å²) in [5.74, 6) is -3.05. The summed E-state index contributed by atoms with van der Waals surface area (Å²) in [5.41, 5.74) is 0.686. The largest absolute Gasteiger partial charge is 0.379 e. The van der Waals surface area contributed by atoms with E-state index in [-0.39, 0.29) is 5.91 Å². The van der Waals surface area contributed by atoms with E-state index in [2.05, 4.69) is 10.1 Å². The number of carbonyl (C=O) groups is 1. The summed E-state index contributed by atoms with van der Waals surface area (Å²) < 4.78 is 37.5. The van der Waals surface area contributed by atoms with Crippen molar-refractivity contribution in [2.45, 2.75) is 32.6 Å². The van der Waals surface area contributed by atoms with E-state index in [1.165, 1.54) is 11.3 Å². The number of morpholine rings is 1. The fourth-order valence-corrected chi connectivity index (χ4v) is 5.27. The van der Waals surface area contributed by atoms with Crippen LogP contribution in [0.3, 0.4) is 0 Å². The van der Waals surface area contributed by atoms with Crippen LogP contribution < -0.4 is 0 Å². The average Bonchev–Trinajstić information content (AvgIpc) is 3.35. The first-order valence-corrected chi connectivity index (χ1v) is 11.2. The number of piperidine rings is 1. The number of amides is 1. The lowest BCUT2D eigenvalue weighted by molar-refractivity contribution is -0.0112. The summed E-state index contributed by atoms with van der Waals surface area (Å²) in [4.78, 5) is 18.7. The van der Waals surface area contributed by atoms with Gasteiger partial charge in [0.2, 0.25) is 5.76 Å². The number of hydrogen-bond donors (Lipinski definition) is 0. The van der Waals surface area contributed by atoms with Crippen LogP contribution in [-0.2, 0) is 10.7 Å². The minimum Gasteiger partial charge on any atom is -0.379 e. The molecule has 0 aliphatic carbocycles. The number of likely N-dealkylation sites (tertiary alicyclic amines) is 1. The third kappa shape index (κ3) is 4.58. The standard InChI is InChI=1S/C21H27F2N3O3S/c1-14-18(24-29-19(14)21(2,22)23)16-5-6-17(30-16)20(27)26-7-3-4-15(13-26)12-25-8-10-28-11-9-25/h5-6,15H,3-4,7-13H2,1-2H3. The number of nitrogens with zero attached hydrogens (tertiary/aromatic N) is 3. The van der Waals surface area contributed by atoms with Gasteiger partial charge in [0, 0.05) is 45.2 Å². The van der Waals surface area contributed by atoms with Gasteiger partial charge in [-0.25, -0.2) is 0 Å². The Bertz CT molecular complexity index is 886. The molecule has 0 N–H and O–H groups in total. The van der Waals surface area contributed by atoms with Crippen molar-refractivity contribution >= 4 is 17.2 Å². The fraction of sp³-hybridized carbons (Fsp3) is 0.619. The molecule has 0 aromatic carbocycles. The van der Waals surface area contributed by atoms with Gasteiger partial charge in [0.1, 0.15) is 5.69 Å². The predicted molar refractivity (Wildman–Crippen MR) is 110 cm³/mol. The second kappa shape index (κ2) is 8.72. The van der Waals surface area contributed by atoms with Crippen LogP contribution in [-0.4, -0.2) is 66.8 Å². The van der Waals surface area contributed by atoms with Crippen LogP contribution in [0.2, 0.25) is 0 Å². The summed E-state index contributed by atoms with van der Waals surface area (Å²) in [5, 5.41) is 3.83. The zero-order valence-corrected chi connectivity index (χ0v) is 18.1. The normalized spacial score (nSPS) is 21.2. The first-order chi connectivity index (χ1) is 14.3. The number of halogens is 2. The molecule has 9 heteroatoms. The maximum atomic E-state index is 13.6. The van der Waals surface area contributed by atoms with E-state index in [0.717, 1.165) is 65.7 Å². The Hall–Kier alpha value is -1.84. The summed E-state index contributed by atoms with van der Waals surface area (Å²) in [6.45, 7) is 8.32. The quantitative estimate of drug-likeness (QED) is 0.705. The highest BCUT2D eigenvalue weighted by Crippen LogP contribution is 2.37. The van der Waals surface area contributed by atoms with E-state index in [4.69, 9.17) is 9.26 Å². The molecule has 1 unspecified atom stereocenters. The number of rotatable bonds is 5. The van der Waals surface area contributed by atoms with Gasteiger partial charge in [-0.05, 0) is 37.8 Å². The highest BCUT2D eigenvalue weighted by Gasteiger charge is 2.34. The second-order valence-electron chi connectivity index (χ2n) is 8.21. The van der Waals surface area contributed by atoms with Crippen LogP contribution >= 0.6 is 11.3 Å². The molecule has 0 saturated carbocycles. The molecule has 2 saturated heterocycles. The number of alkyl halides is 2. The molecule has 164 valence electrons. The highest BCUT2D eigenvalue weighted by molar-refractivity contribution is 7.17. The van der Waals surface area contributed by atoms with Crippen LogP contribution in [0.15, 0.2) is 16.7 Å². The van der Waals surface area contributed by atoms with Crippen molar-refractivity contribution in [2.24, 2.45) is 5.92 Å². The molecule has 30 heavy (non-hydrogen) atoms. The first-order valence-electron chi connectivity index (χ1n) is 10.4. The second-order valence-corrected chi connectivity index (χ2v) is 9.29. The van der Waals surface area contributed by atoms with Gasteiger partial charge >= 0.3 is 5.92 Å². The topological polar surface area (TPSA) is 58.8 Å².